The molecule has 1 aliphatic rings. The third-order valence-corrected chi connectivity index (χ3v) is 2.33. The van der Waals surface area contributed by atoms with E-state index in [1.165, 1.54) is 6.07 Å². The largest absolute Gasteiger partial charge is 0.507 e. The van der Waals surface area contributed by atoms with Gasteiger partial charge < -0.3 is 9.47 Å². The number of benzene rings is 1. The molecule has 0 fully saturated rings. The molecular weight excluding hydrogens is 280 g/mol. The molecule has 102 valence electrons. The van der Waals surface area contributed by atoms with Gasteiger partial charge in [-0.25, -0.2) is 0 Å². The highest BCUT2D eigenvalue weighted by Gasteiger charge is 2.65. The number of nitrogens with zero attached hydrogens (tertiary/aromatic N) is 2. The molecule has 1 aromatic rings. The molecule has 1 aliphatic heterocycles. The van der Waals surface area contributed by atoms with Gasteiger partial charge in [0.25, 0.3) is 0 Å². The molecule has 0 amide bonds. The standard InChI is InChI=1S/C12H4F4N2O2/c13-11(14)12(15,16)20-10-4-7(1-2-9(10)19-11)3-8(5-17)6-18/h1-4H. The number of fused-ring (bicyclic) bond motifs is 1. The number of hydrogen-bond donors (Lipinski definition) is 0. The van der Waals surface area contributed by atoms with E-state index in [1.54, 1.807) is 12.1 Å². The highest BCUT2D eigenvalue weighted by Crippen LogP contribution is 2.47. The number of nitriles is 2. The van der Waals surface area contributed by atoms with Gasteiger partial charge in [-0.3, -0.25) is 0 Å². The van der Waals surface area contributed by atoms with Crippen LogP contribution in [0.1, 0.15) is 5.56 Å². The van der Waals surface area contributed by atoms with Gasteiger partial charge >= 0.3 is 12.2 Å². The summed E-state index contributed by atoms with van der Waals surface area (Å²) in [6.45, 7) is 0. The second-order valence-corrected chi connectivity index (χ2v) is 3.73. The van der Waals surface area contributed by atoms with Crippen molar-refractivity contribution in [3.8, 4) is 23.6 Å². The van der Waals surface area contributed by atoms with E-state index in [-0.39, 0.29) is 11.1 Å². The third-order valence-electron chi connectivity index (χ3n) is 2.33. The number of allylic oxidation sites excluding steroid dienone is 1. The molecule has 2 rings (SSSR count). The Kier molecular flexibility index (Phi) is 3.03. The molecule has 0 bridgehead atoms. The van der Waals surface area contributed by atoms with Crippen molar-refractivity contribution >= 4 is 6.08 Å². The van der Waals surface area contributed by atoms with Gasteiger partial charge in [0.2, 0.25) is 0 Å². The number of hydrogen-bond acceptors (Lipinski definition) is 4. The van der Waals surface area contributed by atoms with Crippen LogP contribution in [0.4, 0.5) is 17.6 Å². The molecule has 20 heavy (non-hydrogen) atoms. The fraction of sp³-hybridized carbons (Fsp3) is 0.167. The molecular formula is C12H4F4N2O2. The first-order valence-corrected chi connectivity index (χ1v) is 5.09. The fourth-order valence-corrected chi connectivity index (χ4v) is 1.43. The SMILES string of the molecule is N#CC(C#N)=Cc1ccc2c(c1)OC(F)(F)C(F)(F)O2. The van der Waals surface area contributed by atoms with Crippen LogP contribution in [0, 0.1) is 22.7 Å². The molecule has 0 saturated heterocycles. The minimum atomic E-state index is -4.81. The third kappa shape index (κ3) is 2.24. The van der Waals surface area contributed by atoms with E-state index in [4.69, 9.17) is 10.5 Å². The summed E-state index contributed by atoms with van der Waals surface area (Å²) in [6.07, 6.45) is -8.49. The van der Waals surface area contributed by atoms with E-state index in [1.807, 2.05) is 0 Å². The van der Waals surface area contributed by atoms with Crippen molar-refractivity contribution in [2.75, 3.05) is 0 Å². The van der Waals surface area contributed by atoms with Crippen LogP contribution in [0.15, 0.2) is 23.8 Å². The smallest absolute Gasteiger partial charge is 0.421 e. The van der Waals surface area contributed by atoms with Gasteiger partial charge in [-0.15, -0.1) is 0 Å². The van der Waals surface area contributed by atoms with E-state index >= 15 is 0 Å². The zero-order valence-corrected chi connectivity index (χ0v) is 9.53. The maximum Gasteiger partial charge on any atom is 0.507 e. The zero-order valence-electron chi connectivity index (χ0n) is 9.53. The van der Waals surface area contributed by atoms with Crippen LogP contribution in [0.3, 0.4) is 0 Å². The maximum absolute atomic E-state index is 13.0. The van der Waals surface area contributed by atoms with Gasteiger partial charge in [-0.1, -0.05) is 6.07 Å². The minimum absolute atomic E-state index is 0.159. The van der Waals surface area contributed by atoms with Crippen LogP contribution in [-0.4, -0.2) is 12.2 Å². The number of ether oxygens (including phenoxy) is 2. The molecule has 1 heterocycles. The molecule has 8 heteroatoms. The summed E-state index contributed by atoms with van der Waals surface area (Å²) < 4.78 is 59.5. The Hall–Kier alpha value is -2.74. The van der Waals surface area contributed by atoms with Gasteiger partial charge in [-0.05, 0) is 23.8 Å². The lowest BCUT2D eigenvalue weighted by Gasteiger charge is -2.31. The Balaban J connectivity index is 2.43. The summed E-state index contributed by atoms with van der Waals surface area (Å²) in [5, 5.41) is 17.1. The molecule has 0 spiro atoms. The van der Waals surface area contributed by atoms with Crippen molar-refractivity contribution in [3.05, 3.63) is 29.3 Å². The molecule has 1 aromatic carbocycles. The van der Waals surface area contributed by atoms with Gasteiger partial charge in [0.15, 0.2) is 11.5 Å². The van der Waals surface area contributed by atoms with Crippen molar-refractivity contribution < 1.29 is 27.0 Å². The van der Waals surface area contributed by atoms with Gasteiger partial charge in [0, 0.05) is 0 Å². The topological polar surface area (TPSA) is 66.0 Å². The summed E-state index contributed by atoms with van der Waals surface area (Å²) >= 11 is 0. The van der Waals surface area contributed by atoms with Crippen LogP contribution in [0.5, 0.6) is 11.5 Å². The summed E-state index contributed by atoms with van der Waals surface area (Å²) in [5.41, 5.74) is -0.120. The highest BCUT2D eigenvalue weighted by molar-refractivity contribution is 5.64. The number of halogens is 4. The predicted octanol–water partition coefficient (Wildman–Crippen LogP) is 3.07. The fourth-order valence-electron chi connectivity index (χ4n) is 1.43. The minimum Gasteiger partial charge on any atom is -0.421 e. The zero-order chi connectivity index (χ0) is 15.0. The van der Waals surface area contributed by atoms with Gasteiger partial charge in [0.1, 0.15) is 17.7 Å². The first kappa shape index (κ1) is 13.7. The average molecular weight is 284 g/mol. The Morgan fingerprint density at radius 2 is 1.55 bits per heavy atom. The first-order valence-electron chi connectivity index (χ1n) is 5.09. The normalized spacial score (nSPS) is 17.5. The Morgan fingerprint density at radius 1 is 1.00 bits per heavy atom. The molecule has 0 saturated carbocycles. The Morgan fingerprint density at radius 3 is 2.10 bits per heavy atom. The van der Waals surface area contributed by atoms with Crippen LogP contribution in [0.2, 0.25) is 0 Å². The molecule has 4 nitrogen and oxygen atoms in total. The summed E-state index contributed by atoms with van der Waals surface area (Å²) in [4.78, 5) is 0. The number of rotatable bonds is 1. The van der Waals surface area contributed by atoms with Crippen molar-refractivity contribution in [1.82, 2.24) is 0 Å². The quantitative estimate of drug-likeness (QED) is 0.587. The van der Waals surface area contributed by atoms with E-state index < -0.39 is 23.7 Å². The summed E-state index contributed by atoms with van der Waals surface area (Å²) in [6, 6.07) is 6.31. The summed E-state index contributed by atoms with van der Waals surface area (Å²) in [5.74, 6) is -1.17. The first-order chi connectivity index (χ1) is 9.29. The second kappa shape index (κ2) is 4.42. The molecule has 0 aromatic heterocycles. The monoisotopic (exact) mass is 284 g/mol. The lowest BCUT2D eigenvalue weighted by molar-refractivity contribution is -0.391. The summed E-state index contributed by atoms with van der Waals surface area (Å²) in [7, 11) is 0. The molecule has 0 aliphatic carbocycles. The van der Waals surface area contributed by atoms with Crippen LogP contribution >= 0.6 is 0 Å². The van der Waals surface area contributed by atoms with Crippen LogP contribution in [-0.2, 0) is 0 Å². The van der Waals surface area contributed by atoms with E-state index in [0.717, 1.165) is 18.2 Å². The van der Waals surface area contributed by atoms with Crippen LogP contribution < -0.4 is 9.47 Å². The molecule has 0 unspecified atom stereocenters. The second-order valence-electron chi connectivity index (χ2n) is 3.73. The lowest BCUT2D eigenvalue weighted by atomic mass is 10.1. The Bertz CT molecular complexity index is 655. The number of alkyl halides is 4. The van der Waals surface area contributed by atoms with Crippen molar-refractivity contribution in [2.24, 2.45) is 0 Å². The predicted molar refractivity (Wildman–Crippen MR) is 56.8 cm³/mol. The van der Waals surface area contributed by atoms with E-state index in [0.29, 0.717) is 0 Å². The van der Waals surface area contributed by atoms with Gasteiger partial charge in [0.05, 0.1) is 0 Å². The molecule has 0 radical (unpaired) electrons. The van der Waals surface area contributed by atoms with Crippen LogP contribution in [0.25, 0.3) is 6.08 Å². The highest BCUT2D eigenvalue weighted by atomic mass is 19.3. The van der Waals surface area contributed by atoms with Crippen molar-refractivity contribution in [3.63, 3.8) is 0 Å². The van der Waals surface area contributed by atoms with E-state index in [2.05, 4.69) is 9.47 Å². The van der Waals surface area contributed by atoms with Crippen molar-refractivity contribution in [1.29, 1.82) is 10.5 Å². The van der Waals surface area contributed by atoms with Crippen molar-refractivity contribution in [2.45, 2.75) is 12.2 Å². The maximum atomic E-state index is 13.0. The van der Waals surface area contributed by atoms with E-state index in [9.17, 15) is 17.6 Å². The average Bonchev–Trinajstić information content (AvgIpc) is 2.37. The molecule has 0 N–H and O–H groups in total. The van der Waals surface area contributed by atoms with Gasteiger partial charge in [-0.2, -0.15) is 28.1 Å². The Labute approximate surface area is 110 Å². The molecule has 0 atom stereocenters. The lowest BCUT2D eigenvalue weighted by Crippen LogP contribution is -2.52.